The number of halogens is 1. The molecule has 130 valence electrons. The van der Waals surface area contributed by atoms with Gasteiger partial charge in [0.2, 0.25) is 15.9 Å². The number of amides is 1. The summed E-state index contributed by atoms with van der Waals surface area (Å²) in [5.41, 5.74) is 7.41. The molecule has 2 N–H and O–H groups in total. The molecule has 0 fully saturated rings. The van der Waals surface area contributed by atoms with Crippen LogP contribution >= 0.6 is 12.4 Å². The number of hydrogen-bond acceptors (Lipinski definition) is 4. The van der Waals surface area contributed by atoms with E-state index in [0.29, 0.717) is 25.1 Å². The molecule has 0 saturated carbocycles. The molecule has 0 bridgehead atoms. The van der Waals surface area contributed by atoms with Crippen LogP contribution in [0.2, 0.25) is 0 Å². The zero-order valence-corrected chi connectivity index (χ0v) is 15.3. The largest absolute Gasteiger partial charge is 0.328 e. The van der Waals surface area contributed by atoms with E-state index in [1.807, 2.05) is 6.92 Å². The second-order valence-electron chi connectivity index (χ2n) is 5.89. The Bertz CT molecular complexity index is 675. The maximum absolute atomic E-state index is 12.3. The third-order valence-corrected chi connectivity index (χ3v) is 5.66. The smallest absolute Gasteiger partial charge is 0.242 e. The number of fused-ring (bicyclic) bond motifs is 1. The van der Waals surface area contributed by atoms with Crippen molar-refractivity contribution in [2.45, 2.75) is 37.1 Å². The summed E-state index contributed by atoms with van der Waals surface area (Å²) in [6, 6.07) is 4.97. The quantitative estimate of drug-likeness (QED) is 0.858. The molecule has 0 saturated heterocycles. The first-order chi connectivity index (χ1) is 10.2. The van der Waals surface area contributed by atoms with E-state index >= 15 is 0 Å². The summed E-state index contributed by atoms with van der Waals surface area (Å²) >= 11 is 0. The molecule has 23 heavy (non-hydrogen) atoms. The lowest BCUT2D eigenvalue weighted by molar-refractivity contribution is -0.118. The molecule has 1 aromatic rings. The molecule has 0 aliphatic carbocycles. The predicted molar refractivity (Wildman–Crippen MR) is 93.5 cm³/mol. The Morgan fingerprint density at radius 2 is 2.04 bits per heavy atom. The summed E-state index contributed by atoms with van der Waals surface area (Å²) in [5, 5.41) is 0. The Kier molecular flexibility index (Phi) is 6.59. The highest BCUT2D eigenvalue weighted by molar-refractivity contribution is 7.89. The van der Waals surface area contributed by atoms with Crippen LogP contribution in [0.1, 0.15) is 25.3 Å². The van der Waals surface area contributed by atoms with Crippen LogP contribution in [0.5, 0.6) is 0 Å². The molecule has 1 amide bonds. The lowest BCUT2D eigenvalue weighted by atomic mass is 10.1. The van der Waals surface area contributed by atoms with Crippen molar-refractivity contribution in [1.82, 2.24) is 4.31 Å². The SMILES string of the molecule is CC(N)CCC(=O)N1CCc2ccc(S(=O)(=O)N(C)C)cc21.Cl. The second kappa shape index (κ2) is 7.61. The first-order valence-electron chi connectivity index (χ1n) is 7.35. The van der Waals surface area contributed by atoms with Gasteiger partial charge in [0.1, 0.15) is 0 Å². The molecule has 1 unspecified atom stereocenters. The van der Waals surface area contributed by atoms with Gasteiger partial charge in [0, 0.05) is 38.8 Å². The van der Waals surface area contributed by atoms with E-state index < -0.39 is 10.0 Å². The van der Waals surface area contributed by atoms with Gasteiger partial charge in [-0.2, -0.15) is 0 Å². The summed E-state index contributed by atoms with van der Waals surface area (Å²) in [5.74, 6) is -0.00421. The zero-order chi connectivity index (χ0) is 16.5. The minimum Gasteiger partial charge on any atom is -0.328 e. The van der Waals surface area contributed by atoms with E-state index in [1.165, 1.54) is 18.4 Å². The van der Waals surface area contributed by atoms with Crippen molar-refractivity contribution < 1.29 is 13.2 Å². The Morgan fingerprint density at radius 3 is 2.61 bits per heavy atom. The molecule has 6 nitrogen and oxygen atoms in total. The Hall–Kier alpha value is -1.15. The van der Waals surface area contributed by atoms with Gasteiger partial charge in [-0.3, -0.25) is 4.79 Å². The molecule has 1 heterocycles. The van der Waals surface area contributed by atoms with Crippen LogP contribution in [0, 0.1) is 0 Å². The van der Waals surface area contributed by atoms with E-state index in [1.54, 1.807) is 23.1 Å². The van der Waals surface area contributed by atoms with Crippen LogP contribution in [0.4, 0.5) is 5.69 Å². The number of carbonyl (C=O) groups is 1. The topological polar surface area (TPSA) is 83.7 Å². The van der Waals surface area contributed by atoms with Crippen molar-refractivity contribution >= 4 is 34.0 Å². The van der Waals surface area contributed by atoms with E-state index in [2.05, 4.69) is 0 Å². The van der Waals surface area contributed by atoms with Crippen LogP contribution in [0.15, 0.2) is 23.1 Å². The first kappa shape index (κ1) is 19.9. The van der Waals surface area contributed by atoms with Gasteiger partial charge in [0.15, 0.2) is 0 Å². The number of sulfonamides is 1. The lowest BCUT2D eigenvalue weighted by Crippen LogP contribution is -2.30. The number of hydrogen-bond donors (Lipinski definition) is 1. The zero-order valence-electron chi connectivity index (χ0n) is 13.7. The highest BCUT2D eigenvalue weighted by atomic mass is 35.5. The average molecular weight is 362 g/mol. The molecular formula is C15H24ClN3O3S. The van der Waals surface area contributed by atoms with Crippen molar-refractivity contribution in [3.05, 3.63) is 23.8 Å². The lowest BCUT2D eigenvalue weighted by Gasteiger charge is -2.19. The normalized spacial score (nSPS) is 15.3. The molecule has 1 atom stereocenters. The van der Waals surface area contributed by atoms with Crippen LogP contribution in [-0.2, 0) is 21.2 Å². The van der Waals surface area contributed by atoms with Gasteiger partial charge in [-0.25, -0.2) is 12.7 Å². The van der Waals surface area contributed by atoms with Crippen molar-refractivity contribution in [2.24, 2.45) is 5.73 Å². The molecule has 8 heteroatoms. The van der Waals surface area contributed by atoms with Gasteiger partial charge in [-0.05, 0) is 37.5 Å². The molecule has 0 aromatic heterocycles. The predicted octanol–water partition coefficient (Wildman–Crippen LogP) is 1.38. The van der Waals surface area contributed by atoms with E-state index in [0.717, 1.165) is 12.0 Å². The Labute approximate surface area is 144 Å². The van der Waals surface area contributed by atoms with Crippen LogP contribution in [0.25, 0.3) is 0 Å². The molecule has 0 spiro atoms. The van der Waals surface area contributed by atoms with Crippen molar-refractivity contribution in [3.63, 3.8) is 0 Å². The standard InChI is InChI=1S/C15H23N3O3S.ClH/c1-11(16)4-7-15(19)18-9-8-12-5-6-13(10-14(12)18)22(20,21)17(2)3;/h5-6,10-11H,4,7-9,16H2,1-3H3;1H. The van der Waals surface area contributed by atoms with Gasteiger partial charge in [0.05, 0.1) is 4.90 Å². The maximum Gasteiger partial charge on any atom is 0.242 e. The summed E-state index contributed by atoms with van der Waals surface area (Å²) < 4.78 is 25.6. The maximum atomic E-state index is 12.3. The second-order valence-corrected chi connectivity index (χ2v) is 8.04. The highest BCUT2D eigenvalue weighted by Gasteiger charge is 2.27. The van der Waals surface area contributed by atoms with Crippen LogP contribution in [-0.4, -0.2) is 45.3 Å². The fourth-order valence-corrected chi connectivity index (χ4v) is 3.40. The summed E-state index contributed by atoms with van der Waals surface area (Å²) in [4.78, 5) is 14.2. The molecular weight excluding hydrogens is 338 g/mol. The number of rotatable bonds is 5. The number of carbonyl (C=O) groups excluding carboxylic acids is 1. The highest BCUT2D eigenvalue weighted by Crippen LogP contribution is 2.31. The fraction of sp³-hybridized carbons (Fsp3) is 0.533. The third-order valence-electron chi connectivity index (χ3n) is 3.85. The third kappa shape index (κ3) is 4.23. The Balaban J connectivity index is 0.00000264. The van der Waals surface area contributed by atoms with Gasteiger partial charge >= 0.3 is 0 Å². The first-order valence-corrected chi connectivity index (χ1v) is 8.79. The van der Waals surface area contributed by atoms with E-state index in [9.17, 15) is 13.2 Å². The molecule has 1 aromatic carbocycles. The minimum absolute atomic E-state index is 0. The van der Waals surface area contributed by atoms with Crippen LogP contribution < -0.4 is 10.6 Å². The summed E-state index contributed by atoms with van der Waals surface area (Å²) in [6.45, 7) is 2.46. The van der Waals surface area contributed by atoms with Gasteiger partial charge in [0.25, 0.3) is 0 Å². The van der Waals surface area contributed by atoms with Crippen molar-refractivity contribution in [2.75, 3.05) is 25.5 Å². The van der Waals surface area contributed by atoms with Crippen molar-refractivity contribution in [3.8, 4) is 0 Å². The number of nitrogens with zero attached hydrogens (tertiary/aromatic N) is 2. The summed E-state index contributed by atoms with van der Waals surface area (Å²) in [6.07, 6.45) is 1.75. The van der Waals surface area contributed by atoms with E-state index in [-0.39, 0.29) is 29.3 Å². The number of nitrogens with two attached hydrogens (primary N) is 1. The number of benzene rings is 1. The molecule has 0 radical (unpaired) electrons. The van der Waals surface area contributed by atoms with Gasteiger partial charge in [-0.15, -0.1) is 12.4 Å². The van der Waals surface area contributed by atoms with Gasteiger partial charge < -0.3 is 10.6 Å². The van der Waals surface area contributed by atoms with Gasteiger partial charge in [-0.1, -0.05) is 6.07 Å². The number of anilines is 1. The monoisotopic (exact) mass is 361 g/mol. The molecule has 2 rings (SSSR count). The van der Waals surface area contributed by atoms with Crippen molar-refractivity contribution in [1.29, 1.82) is 0 Å². The Morgan fingerprint density at radius 1 is 1.39 bits per heavy atom. The minimum atomic E-state index is -3.50. The summed E-state index contributed by atoms with van der Waals surface area (Å²) in [7, 11) is -0.510. The average Bonchev–Trinajstić information content (AvgIpc) is 2.87. The molecule has 1 aliphatic heterocycles. The fourth-order valence-electron chi connectivity index (χ4n) is 2.48. The van der Waals surface area contributed by atoms with Crippen LogP contribution in [0.3, 0.4) is 0 Å². The van der Waals surface area contributed by atoms with E-state index in [4.69, 9.17) is 5.73 Å². The molecule has 1 aliphatic rings.